The SMILES string of the molecule is c1ccc(-c2nc(-c3ccccc3)nc(-c3cccc(-n4c5ccccc5c5c6ccc(-c7cccc8ccccc78)cc6ccc54)c3)n2)cc1. The fraction of sp³-hybridized carbons (Fsp3) is 0. The number of hydrogen-bond donors (Lipinski definition) is 0. The van der Waals surface area contributed by atoms with Crippen LogP contribution in [0.15, 0.2) is 182 Å². The molecule has 0 aliphatic carbocycles. The third kappa shape index (κ3) is 4.96. The van der Waals surface area contributed by atoms with Gasteiger partial charge in [-0.2, -0.15) is 0 Å². The van der Waals surface area contributed by atoms with Gasteiger partial charge in [0.25, 0.3) is 0 Å². The summed E-state index contributed by atoms with van der Waals surface area (Å²) in [4.78, 5) is 14.9. The summed E-state index contributed by atoms with van der Waals surface area (Å²) in [7, 11) is 0. The molecule has 0 amide bonds. The molecule has 0 N–H and O–H groups in total. The molecule has 0 bridgehead atoms. The summed E-state index contributed by atoms with van der Waals surface area (Å²) in [6, 6.07) is 64.0. The molecule has 0 aliphatic heterocycles. The molecule has 4 heteroatoms. The van der Waals surface area contributed by atoms with Gasteiger partial charge in [-0.15, -0.1) is 0 Å². The zero-order chi connectivity index (χ0) is 33.7. The number of rotatable bonds is 5. The lowest BCUT2D eigenvalue weighted by Gasteiger charge is -2.12. The maximum Gasteiger partial charge on any atom is 0.164 e. The van der Waals surface area contributed by atoms with Crippen LogP contribution in [0, 0.1) is 0 Å². The highest BCUT2D eigenvalue weighted by Crippen LogP contribution is 2.39. The maximum absolute atomic E-state index is 5.01. The molecule has 51 heavy (non-hydrogen) atoms. The summed E-state index contributed by atoms with van der Waals surface area (Å²) < 4.78 is 2.36. The van der Waals surface area contributed by atoms with Crippen LogP contribution in [0.4, 0.5) is 0 Å². The van der Waals surface area contributed by atoms with Crippen molar-refractivity contribution in [2.24, 2.45) is 0 Å². The lowest BCUT2D eigenvalue weighted by Crippen LogP contribution is -2.01. The van der Waals surface area contributed by atoms with E-state index in [1.165, 1.54) is 43.4 Å². The van der Waals surface area contributed by atoms with Crippen LogP contribution in [-0.4, -0.2) is 19.5 Å². The Morgan fingerprint density at radius 1 is 0.333 bits per heavy atom. The largest absolute Gasteiger partial charge is 0.309 e. The smallest absolute Gasteiger partial charge is 0.164 e. The third-order valence-corrected chi connectivity index (χ3v) is 9.82. The first-order valence-electron chi connectivity index (χ1n) is 17.2. The number of aromatic nitrogens is 4. The lowest BCUT2D eigenvalue weighted by atomic mass is 9.95. The average molecular weight is 651 g/mol. The zero-order valence-corrected chi connectivity index (χ0v) is 27.6. The fourth-order valence-electron chi connectivity index (χ4n) is 7.44. The van der Waals surface area contributed by atoms with E-state index in [-0.39, 0.29) is 0 Å². The summed E-state index contributed by atoms with van der Waals surface area (Å²) in [5.74, 6) is 1.93. The Morgan fingerprint density at radius 2 is 0.941 bits per heavy atom. The van der Waals surface area contributed by atoms with Crippen LogP contribution < -0.4 is 0 Å². The Kier molecular flexibility index (Phi) is 6.78. The molecule has 0 unspecified atom stereocenters. The van der Waals surface area contributed by atoms with E-state index in [0.717, 1.165) is 33.4 Å². The van der Waals surface area contributed by atoms with Crippen molar-refractivity contribution in [3.8, 4) is 51.0 Å². The van der Waals surface area contributed by atoms with E-state index in [2.05, 4.69) is 126 Å². The van der Waals surface area contributed by atoms with Crippen LogP contribution in [0.3, 0.4) is 0 Å². The van der Waals surface area contributed by atoms with Gasteiger partial charge in [0.2, 0.25) is 0 Å². The molecule has 0 atom stereocenters. The number of hydrogen-bond acceptors (Lipinski definition) is 3. The summed E-state index contributed by atoms with van der Waals surface area (Å²) in [6.45, 7) is 0. The van der Waals surface area contributed by atoms with E-state index in [1.54, 1.807) is 0 Å². The fourth-order valence-corrected chi connectivity index (χ4v) is 7.44. The predicted octanol–water partition coefficient (Wildman–Crippen LogP) is 11.9. The number of nitrogens with zero attached hydrogens (tertiary/aromatic N) is 4. The third-order valence-electron chi connectivity index (χ3n) is 9.82. The van der Waals surface area contributed by atoms with E-state index < -0.39 is 0 Å². The molecule has 0 aliphatic rings. The van der Waals surface area contributed by atoms with E-state index in [4.69, 9.17) is 15.0 Å². The highest BCUT2D eigenvalue weighted by molar-refractivity contribution is 6.21. The predicted molar refractivity (Wildman–Crippen MR) is 211 cm³/mol. The summed E-state index contributed by atoms with van der Waals surface area (Å²) in [5, 5.41) is 7.44. The summed E-state index contributed by atoms with van der Waals surface area (Å²) >= 11 is 0. The van der Waals surface area contributed by atoms with Gasteiger partial charge in [0.05, 0.1) is 11.0 Å². The summed E-state index contributed by atoms with van der Waals surface area (Å²) in [5.41, 5.74) is 8.66. The minimum atomic E-state index is 0.636. The van der Waals surface area contributed by atoms with Crippen LogP contribution >= 0.6 is 0 Å². The van der Waals surface area contributed by atoms with Gasteiger partial charge >= 0.3 is 0 Å². The van der Waals surface area contributed by atoms with Gasteiger partial charge in [0.15, 0.2) is 17.5 Å². The van der Waals surface area contributed by atoms with Gasteiger partial charge in [0, 0.05) is 33.2 Å². The van der Waals surface area contributed by atoms with Crippen molar-refractivity contribution in [3.05, 3.63) is 182 Å². The average Bonchev–Trinajstić information content (AvgIpc) is 3.56. The number of para-hydroxylation sites is 1. The molecule has 0 fully saturated rings. The van der Waals surface area contributed by atoms with Crippen molar-refractivity contribution < 1.29 is 0 Å². The lowest BCUT2D eigenvalue weighted by molar-refractivity contribution is 1.07. The minimum absolute atomic E-state index is 0.636. The monoisotopic (exact) mass is 650 g/mol. The number of benzene rings is 8. The van der Waals surface area contributed by atoms with Crippen molar-refractivity contribution >= 4 is 43.4 Å². The molecule has 8 aromatic carbocycles. The first kappa shape index (κ1) is 29.0. The Labute approximate surface area is 295 Å². The molecular weight excluding hydrogens is 621 g/mol. The highest BCUT2D eigenvalue weighted by Gasteiger charge is 2.17. The summed E-state index contributed by atoms with van der Waals surface area (Å²) in [6.07, 6.45) is 0. The Morgan fingerprint density at radius 3 is 1.71 bits per heavy atom. The minimum Gasteiger partial charge on any atom is -0.309 e. The second-order valence-electron chi connectivity index (χ2n) is 12.9. The molecular formula is C47H30N4. The van der Waals surface area contributed by atoms with Gasteiger partial charge in [-0.3, -0.25) is 0 Å². The first-order chi connectivity index (χ1) is 25.3. The molecule has 4 nitrogen and oxygen atoms in total. The molecule has 0 saturated heterocycles. The van der Waals surface area contributed by atoms with Crippen molar-refractivity contribution in [2.75, 3.05) is 0 Å². The Bertz CT molecular complexity index is 2850. The molecule has 2 heterocycles. The van der Waals surface area contributed by atoms with Crippen LogP contribution in [0.2, 0.25) is 0 Å². The molecule has 0 saturated carbocycles. The van der Waals surface area contributed by atoms with E-state index in [9.17, 15) is 0 Å². The zero-order valence-electron chi connectivity index (χ0n) is 27.6. The van der Waals surface area contributed by atoms with Gasteiger partial charge in [-0.05, 0) is 63.0 Å². The molecule has 2 aromatic heterocycles. The second-order valence-corrected chi connectivity index (χ2v) is 12.9. The van der Waals surface area contributed by atoms with Gasteiger partial charge in [-0.1, -0.05) is 152 Å². The molecule has 238 valence electrons. The van der Waals surface area contributed by atoms with Crippen molar-refractivity contribution in [1.82, 2.24) is 19.5 Å². The van der Waals surface area contributed by atoms with Crippen LogP contribution in [0.25, 0.3) is 94.3 Å². The van der Waals surface area contributed by atoms with Crippen molar-refractivity contribution in [1.29, 1.82) is 0 Å². The van der Waals surface area contributed by atoms with Crippen LogP contribution in [0.1, 0.15) is 0 Å². The molecule has 10 aromatic rings. The number of fused-ring (bicyclic) bond motifs is 6. The van der Waals surface area contributed by atoms with Crippen molar-refractivity contribution in [2.45, 2.75) is 0 Å². The normalized spacial score (nSPS) is 11.5. The maximum atomic E-state index is 5.01. The van der Waals surface area contributed by atoms with Gasteiger partial charge < -0.3 is 4.57 Å². The van der Waals surface area contributed by atoms with E-state index in [0.29, 0.717) is 17.5 Å². The van der Waals surface area contributed by atoms with Crippen molar-refractivity contribution in [3.63, 3.8) is 0 Å². The first-order valence-corrected chi connectivity index (χ1v) is 17.2. The Balaban J connectivity index is 1.14. The second kappa shape index (κ2) is 11.9. The standard InChI is InChI=1S/C47H30N4/c1-3-14-32(15-4-1)45-48-46(33-16-5-2-6-17-33)50-47(49-45)36-19-11-20-37(30-36)51-42-24-10-9-22-41(42)44-40-27-25-34(29-35(40)26-28-43(44)51)39-23-12-18-31-13-7-8-21-38(31)39/h1-30H. The molecule has 0 spiro atoms. The van der Waals surface area contributed by atoms with Crippen LogP contribution in [-0.2, 0) is 0 Å². The Hall–Kier alpha value is -6.91. The molecule has 0 radical (unpaired) electrons. The molecule has 10 rings (SSSR count). The van der Waals surface area contributed by atoms with Gasteiger partial charge in [-0.25, -0.2) is 15.0 Å². The van der Waals surface area contributed by atoms with E-state index in [1.807, 2.05) is 60.7 Å². The highest BCUT2D eigenvalue weighted by atomic mass is 15.0. The topological polar surface area (TPSA) is 43.6 Å². The van der Waals surface area contributed by atoms with Crippen LogP contribution in [0.5, 0.6) is 0 Å². The van der Waals surface area contributed by atoms with Gasteiger partial charge in [0.1, 0.15) is 0 Å². The quantitative estimate of drug-likeness (QED) is 0.186. The van der Waals surface area contributed by atoms with E-state index >= 15 is 0 Å².